The molecule has 0 amide bonds. The Balaban J connectivity index is -0.000000156. The maximum atomic E-state index is 12.3. The molecule has 28 heavy (non-hydrogen) atoms. The lowest BCUT2D eigenvalue weighted by molar-refractivity contribution is 0.455. The Bertz CT molecular complexity index is 329. The average molecular weight is 399 g/mol. The minimum atomic E-state index is -0.153. The SMILES string of the molecule is CC.CC.CCC.CCCCCCC(C)CCC.CCCc1ccc(F)cc1. The maximum Gasteiger partial charge on any atom is 0.123 e. The highest BCUT2D eigenvalue weighted by Gasteiger charge is 1.98. The molecule has 0 spiro atoms. The Labute approximate surface area is 179 Å². The summed E-state index contributed by atoms with van der Waals surface area (Å²) in [5, 5.41) is 0. The summed E-state index contributed by atoms with van der Waals surface area (Å²) in [5.74, 6) is 0.816. The van der Waals surface area contributed by atoms with Crippen molar-refractivity contribution in [3.05, 3.63) is 35.6 Å². The molecule has 170 valence electrons. The predicted molar refractivity (Wildman–Crippen MR) is 132 cm³/mol. The van der Waals surface area contributed by atoms with E-state index in [1.165, 1.54) is 69.1 Å². The van der Waals surface area contributed by atoms with Gasteiger partial charge < -0.3 is 0 Å². The van der Waals surface area contributed by atoms with Crippen molar-refractivity contribution < 1.29 is 4.39 Å². The van der Waals surface area contributed by atoms with Gasteiger partial charge in [0.1, 0.15) is 5.82 Å². The van der Waals surface area contributed by atoms with Crippen LogP contribution in [0.2, 0.25) is 0 Å². The second kappa shape index (κ2) is 33.7. The average Bonchev–Trinajstić information content (AvgIpc) is 2.72. The van der Waals surface area contributed by atoms with E-state index in [1.54, 1.807) is 0 Å². The first-order chi connectivity index (χ1) is 13.5. The summed E-state index contributed by atoms with van der Waals surface area (Å²) >= 11 is 0. The van der Waals surface area contributed by atoms with Crippen molar-refractivity contribution in [3.8, 4) is 0 Å². The lowest BCUT2D eigenvalue weighted by Crippen LogP contribution is -1.93. The van der Waals surface area contributed by atoms with E-state index in [9.17, 15) is 4.39 Å². The maximum absolute atomic E-state index is 12.3. The van der Waals surface area contributed by atoms with E-state index >= 15 is 0 Å². The van der Waals surface area contributed by atoms with Crippen molar-refractivity contribution in [1.29, 1.82) is 0 Å². The van der Waals surface area contributed by atoms with E-state index in [-0.39, 0.29) is 5.82 Å². The Kier molecular flexibility index (Phi) is 41.7. The normalized spacial score (nSPS) is 9.82. The van der Waals surface area contributed by atoms with Gasteiger partial charge in [-0.3, -0.25) is 0 Å². The van der Waals surface area contributed by atoms with Crippen LogP contribution in [0.4, 0.5) is 4.39 Å². The second-order valence-electron chi connectivity index (χ2n) is 6.83. The number of rotatable bonds is 9. The first-order valence-corrected chi connectivity index (χ1v) is 12.3. The summed E-state index contributed by atoms with van der Waals surface area (Å²) in [6.07, 6.45) is 13.3. The smallest absolute Gasteiger partial charge is 0.123 e. The number of halogens is 1. The zero-order valence-corrected chi connectivity index (χ0v) is 21.3. The highest BCUT2D eigenvalue weighted by molar-refractivity contribution is 5.15. The molecule has 1 atom stereocenters. The summed E-state index contributed by atoms with van der Waals surface area (Å²) in [7, 11) is 0. The van der Waals surface area contributed by atoms with E-state index in [4.69, 9.17) is 0 Å². The molecule has 0 saturated heterocycles. The van der Waals surface area contributed by atoms with Crippen LogP contribution >= 0.6 is 0 Å². The van der Waals surface area contributed by atoms with Crippen LogP contribution < -0.4 is 0 Å². The van der Waals surface area contributed by atoms with Crippen LogP contribution in [0.25, 0.3) is 0 Å². The molecule has 1 aromatic carbocycles. The predicted octanol–water partition coefficient (Wildman–Crippen LogP) is 10.6. The van der Waals surface area contributed by atoms with E-state index in [1.807, 2.05) is 39.8 Å². The van der Waals surface area contributed by atoms with Crippen molar-refractivity contribution in [2.24, 2.45) is 5.92 Å². The molecule has 0 N–H and O–H groups in total. The largest absolute Gasteiger partial charge is 0.207 e. The van der Waals surface area contributed by atoms with Crippen molar-refractivity contribution in [2.75, 3.05) is 0 Å². The monoisotopic (exact) mass is 398 g/mol. The molecule has 1 heteroatoms. The Morgan fingerprint density at radius 1 is 0.679 bits per heavy atom. The fraction of sp³-hybridized carbons (Fsp3) is 0.778. The minimum Gasteiger partial charge on any atom is -0.207 e. The summed E-state index contributed by atoms with van der Waals surface area (Å²) in [6, 6.07) is 6.67. The van der Waals surface area contributed by atoms with E-state index < -0.39 is 0 Å². The molecule has 0 saturated carbocycles. The Hall–Kier alpha value is -0.850. The third kappa shape index (κ3) is 32.8. The molecular weight excluding hydrogens is 343 g/mol. The van der Waals surface area contributed by atoms with Crippen LogP contribution in [0.1, 0.15) is 133 Å². The number of aryl methyl sites for hydroxylation is 1. The second-order valence-corrected chi connectivity index (χ2v) is 6.83. The van der Waals surface area contributed by atoms with Gasteiger partial charge in [-0.1, -0.05) is 139 Å². The Morgan fingerprint density at radius 2 is 1.18 bits per heavy atom. The third-order valence-corrected chi connectivity index (χ3v) is 3.78. The van der Waals surface area contributed by atoms with E-state index in [0.29, 0.717) is 0 Å². The van der Waals surface area contributed by atoms with E-state index in [0.717, 1.165) is 18.8 Å². The first-order valence-electron chi connectivity index (χ1n) is 12.3. The van der Waals surface area contributed by atoms with E-state index in [2.05, 4.69) is 41.5 Å². The quantitative estimate of drug-likeness (QED) is 0.363. The zero-order chi connectivity index (χ0) is 22.6. The van der Waals surface area contributed by atoms with Gasteiger partial charge in [0.05, 0.1) is 0 Å². The molecule has 1 unspecified atom stereocenters. The Morgan fingerprint density at radius 3 is 1.57 bits per heavy atom. The van der Waals surface area contributed by atoms with Crippen LogP contribution in [0, 0.1) is 11.7 Å². The lowest BCUT2D eigenvalue weighted by atomic mass is 9.98. The van der Waals surface area contributed by atoms with Gasteiger partial charge >= 0.3 is 0 Å². The van der Waals surface area contributed by atoms with Gasteiger partial charge in [-0.15, -0.1) is 0 Å². The van der Waals surface area contributed by atoms with Crippen molar-refractivity contribution in [3.63, 3.8) is 0 Å². The highest BCUT2D eigenvalue weighted by Crippen LogP contribution is 2.14. The molecule has 0 radical (unpaired) electrons. The first kappa shape index (κ1) is 34.6. The fourth-order valence-electron chi connectivity index (χ4n) is 2.50. The van der Waals surface area contributed by atoms with Gasteiger partial charge in [-0.25, -0.2) is 4.39 Å². The third-order valence-electron chi connectivity index (χ3n) is 3.78. The lowest BCUT2D eigenvalue weighted by Gasteiger charge is -2.08. The van der Waals surface area contributed by atoms with Crippen LogP contribution in [0.15, 0.2) is 24.3 Å². The van der Waals surface area contributed by atoms with Crippen LogP contribution in [-0.4, -0.2) is 0 Å². The molecule has 0 bridgehead atoms. The standard InChI is InChI=1S/C11H24.C9H11F.C3H8.2C2H6/c1-4-6-7-8-10-11(3)9-5-2;1-2-3-8-4-6-9(10)7-5-8;1-3-2;2*1-2/h11H,4-10H2,1-3H3;4-7H,2-3H2,1H3;3H2,1-2H3;2*1-2H3. The van der Waals surface area contributed by atoms with Gasteiger partial charge in [0, 0.05) is 0 Å². The van der Waals surface area contributed by atoms with Gasteiger partial charge in [0.2, 0.25) is 0 Å². The number of hydrogen-bond acceptors (Lipinski definition) is 0. The summed E-state index contributed by atoms with van der Waals surface area (Å²) in [6.45, 7) is 21.3. The molecule has 1 aromatic rings. The molecule has 0 fully saturated rings. The molecular formula is C27H55F. The van der Waals surface area contributed by atoms with Crippen LogP contribution in [0.5, 0.6) is 0 Å². The van der Waals surface area contributed by atoms with Crippen LogP contribution in [-0.2, 0) is 6.42 Å². The minimum absolute atomic E-state index is 0.153. The fourth-order valence-corrected chi connectivity index (χ4v) is 2.50. The van der Waals surface area contributed by atoms with Crippen LogP contribution in [0.3, 0.4) is 0 Å². The van der Waals surface area contributed by atoms with Gasteiger partial charge in [0.15, 0.2) is 0 Å². The molecule has 0 aliphatic heterocycles. The molecule has 0 nitrogen and oxygen atoms in total. The van der Waals surface area contributed by atoms with Crippen molar-refractivity contribution in [1.82, 2.24) is 0 Å². The number of hydrogen-bond donors (Lipinski definition) is 0. The molecule has 0 heterocycles. The highest BCUT2D eigenvalue weighted by atomic mass is 19.1. The van der Waals surface area contributed by atoms with Gasteiger partial charge in [-0.2, -0.15) is 0 Å². The summed E-state index contributed by atoms with van der Waals surface area (Å²) < 4.78 is 12.3. The molecule has 0 aliphatic carbocycles. The van der Waals surface area contributed by atoms with Gasteiger partial charge in [0.25, 0.3) is 0 Å². The van der Waals surface area contributed by atoms with Crippen molar-refractivity contribution >= 4 is 0 Å². The zero-order valence-electron chi connectivity index (χ0n) is 21.3. The topological polar surface area (TPSA) is 0 Å². The van der Waals surface area contributed by atoms with Gasteiger partial charge in [-0.05, 0) is 30.0 Å². The molecule has 1 rings (SSSR count). The molecule has 0 aromatic heterocycles. The summed E-state index contributed by atoms with van der Waals surface area (Å²) in [4.78, 5) is 0. The number of unbranched alkanes of at least 4 members (excludes halogenated alkanes) is 3. The number of benzene rings is 1. The molecule has 0 aliphatic rings. The summed E-state index contributed by atoms with van der Waals surface area (Å²) in [5.41, 5.74) is 1.21. The van der Waals surface area contributed by atoms with Crippen molar-refractivity contribution in [2.45, 2.75) is 133 Å².